The van der Waals surface area contributed by atoms with Gasteiger partial charge in [-0.2, -0.15) is 0 Å². The van der Waals surface area contributed by atoms with Gasteiger partial charge in [0.1, 0.15) is 24.2 Å². The van der Waals surface area contributed by atoms with Crippen molar-refractivity contribution >= 4 is 63.0 Å². The lowest BCUT2D eigenvalue weighted by atomic mass is 9.85. The van der Waals surface area contributed by atoms with Gasteiger partial charge >= 0.3 is 6.36 Å². The highest BCUT2D eigenvalue weighted by Crippen LogP contribution is 2.35. The van der Waals surface area contributed by atoms with Crippen molar-refractivity contribution in [1.82, 2.24) is 40.3 Å². The fraction of sp³-hybridized carbons (Fsp3) is 0.509. The quantitative estimate of drug-likeness (QED) is 0.0525. The number of amides is 4. The zero-order valence-corrected chi connectivity index (χ0v) is 45.5. The normalized spacial score (nSPS) is 17.6. The first-order valence-corrected chi connectivity index (χ1v) is 27.7. The van der Waals surface area contributed by atoms with Crippen molar-refractivity contribution in [3.05, 3.63) is 95.0 Å². The molecular weight excluding hydrogens is 1010 g/mol. The van der Waals surface area contributed by atoms with Crippen molar-refractivity contribution in [3.63, 3.8) is 0 Å². The number of rotatable bonds is 19. The Balaban J connectivity index is 0.714. The fourth-order valence-corrected chi connectivity index (χ4v) is 11.5. The van der Waals surface area contributed by atoms with E-state index >= 15 is 0 Å². The molecule has 3 aliphatic heterocycles. The number of hydrogen-bond acceptors (Lipinski definition) is 13. The summed E-state index contributed by atoms with van der Waals surface area (Å²) in [4.78, 5) is 89.7. The van der Waals surface area contributed by atoms with Gasteiger partial charge in [0.05, 0.1) is 45.4 Å². The van der Waals surface area contributed by atoms with Gasteiger partial charge in [0, 0.05) is 80.9 Å². The number of halogens is 3. The van der Waals surface area contributed by atoms with Crippen molar-refractivity contribution in [3.8, 4) is 16.2 Å². The van der Waals surface area contributed by atoms with Crippen LogP contribution in [0.1, 0.15) is 131 Å². The standard InChI is InChI=1S/C57H71F3N10O6S/c1-36(38-13-15-40(16-14-38)51-37(2)64-35-77-51)65-53(73)48-31-42(71)33-70(48)55(75)52(56(3,4)5)66-49(72)12-10-8-6-7-9-11-23-67-26-28-68(29-27-67)41-17-19-45-47(30-41)62-34-63-50(45)39-21-24-69(25-22-39)54(74)44-20-18-43(32-46(44)61)76-57(58,59)60/h13-20,30,32,34-36,39,48,52H,6-12,21-29,31,33,61H2,1-5H3,(H,65,73)(H,66,72)/t36-,48-,52+/m0/s1. The van der Waals surface area contributed by atoms with Crippen molar-refractivity contribution in [1.29, 1.82) is 0 Å². The zero-order chi connectivity index (χ0) is 55.0. The second-order valence-electron chi connectivity index (χ2n) is 21.7. The van der Waals surface area contributed by atoms with E-state index in [0.717, 1.165) is 121 Å². The van der Waals surface area contributed by atoms with E-state index in [1.807, 2.05) is 64.4 Å². The van der Waals surface area contributed by atoms with Crippen molar-refractivity contribution in [2.45, 2.75) is 129 Å². The molecule has 0 bridgehead atoms. The van der Waals surface area contributed by atoms with E-state index in [4.69, 9.17) is 5.73 Å². The first-order valence-electron chi connectivity index (χ1n) is 26.8. The molecule has 412 valence electrons. The summed E-state index contributed by atoms with van der Waals surface area (Å²) < 4.78 is 41.9. The number of alkyl halides is 3. The molecule has 3 fully saturated rings. The Bertz CT molecular complexity index is 2900. The summed E-state index contributed by atoms with van der Waals surface area (Å²) in [5, 5.41) is 6.96. The Morgan fingerprint density at radius 1 is 0.844 bits per heavy atom. The van der Waals surface area contributed by atoms with Gasteiger partial charge in [-0.3, -0.25) is 28.9 Å². The van der Waals surface area contributed by atoms with E-state index in [2.05, 4.69) is 58.3 Å². The number of anilines is 2. The molecule has 2 aromatic heterocycles. The van der Waals surface area contributed by atoms with Crippen molar-refractivity contribution in [2.24, 2.45) is 5.41 Å². The molecule has 0 radical (unpaired) electrons. The van der Waals surface area contributed by atoms with Gasteiger partial charge in [0.25, 0.3) is 5.91 Å². The largest absolute Gasteiger partial charge is 0.573 e. The maximum atomic E-state index is 14.1. The molecule has 3 saturated heterocycles. The predicted molar refractivity (Wildman–Crippen MR) is 291 cm³/mol. The number of thiazole rings is 1. The van der Waals surface area contributed by atoms with Crippen LogP contribution in [0.15, 0.2) is 72.5 Å². The number of unbranched alkanes of at least 4 members (excludes halogenated alkanes) is 5. The molecule has 5 aromatic rings. The molecule has 8 rings (SSSR count). The number of Topliss-reactive ketones (excluding diaryl/α,β-unsaturated/α-hetero) is 1. The van der Waals surface area contributed by atoms with Gasteiger partial charge in [0.2, 0.25) is 17.7 Å². The summed E-state index contributed by atoms with van der Waals surface area (Å²) in [6, 6.07) is 15.4. The Labute approximate surface area is 452 Å². The number of aromatic nitrogens is 3. The van der Waals surface area contributed by atoms with Crippen LogP contribution in [0.2, 0.25) is 0 Å². The summed E-state index contributed by atoms with van der Waals surface area (Å²) in [6.45, 7) is 14.9. The minimum atomic E-state index is -4.86. The third-order valence-corrected chi connectivity index (χ3v) is 16.1. The van der Waals surface area contributed by atoms with Crippen LogP contribution in [-0.4, -0.2) is 130 Å². The number of nitrogens with one attached hydrogen (secondary N) is 2. The lowest BCUT2D eigenvalue weighted by molar-refractivity contribution is -0.274. The number of carbonyl (C=O) groups excluding carboxylic acids is 5. The van der Waals surface area contributed by atoms with Crippen LogP contribution in [-0.2, 0) is 19.2 Å². The Morgan fingerprint density at radius 2 is 1.55 bits per heavy atom. The van der Waals surface area contributed by atoms with Crippen LogP contribution in [0.5, 0.6) is 5.75 Å². The smallest absolute Gasteiger partial charge is 0.406 e. The predicted octanol–water partition coefficient (Wildman–Crippen LogP) is 8.99. The molecule has 3 aliphatic rings. The van der Waals surface area contributed by atoms with Gasteiger partial charge in [-0.1, -0.05) is 70.7 Å². The highest BCUT2D eigenvalue weighted by Gasteiger charge is 2.45. The third kappa shape index (κ3) is 14.5. The van der Waals surface area contributed by atoms with Crippen LogP contribution in [0.25, 0.3) is 21.3 Å². The number of ether oxygens (including phenoxy) is 1. The topological polar surface area (TPSA) is 196 Å². The second-order valence-corrected chi connectivity index (χ2v) is 22.6. The first-order chi connectivity index (χ1) is 36.7. The van der Waals surface area contributed by atoms with Crippen molar-refractivity contribution < 1.29 is 41.9 Å². The summed E-state index contributed by atoms with van der Waals surface area (Å²) in [6.07, 6.45) is 4.17. The fourth-order valence-electron chi connectivity index (χ4n) is 10.7. The lowest BCUT2D eigenvalue weighted by Crippen LogP contribution is -2.57. The molecule has 0 unspecified atom stereocenters. The van der Waals surface area contributed by atoms with E-state index in [-0.39, 0.29) is 60.2 Å². The van der Waals surface area contributed by atoms with Crippen molar-refractivity contribution in [2.75, 3.05) is 63.0 Å². The minimum absolute atomic E-state index is 0.0709. The average molecular weight is 1080 g/mol. The number of nitrogens with zero attached hydrogens (tertiary/aromatic N) is 7. The molecule has 0 aliphatic carbocycles. The maximum absolute atomic E-state index is 14.1. The number of nitrogens with two attached hydrogens (primary N) is 1. The highest BCUT2D eigenvalue weighted by atomic mass is 32.1. The van der Waals surface area contributed by atoms with E-state index in [9.17, 15) is 37.1 Å². The molecule has 3 aromatic carbocycles. The number of nitrogen functional groups attached to an aromatic ring is 1. The maximum Gasteiger partial charge on any atom is 0.573 e. The summed E-state index contributed by atoms with van der Waals surface area (Å²) >= 11 is 1.57. The first kappa shape index (κ1) is 56.5. The molecule has 3 atom stereocenters. The molecule has 16 nitrogen and oxygen atoms in total. The molecule has 20 heteroatoms. The molecule has 0 spiro atoms. The number of carbonyl (C=O) groups is 5. The second kappa shape index (κ2) is 24.8. The number of hydrogen-bond donors (Lipinski definition) is 3. The Hall–Kier alpha value is -6.67. The summed E-state index contributed by atoms with van der Waals surface area (Å²) in [5.41, 5.74) is 13.0. The molecule has 4 N–H and O–H groups in total. The Morgan fingerprint density at radius 3 is 2.21 bits per heavy atom. The lowest BCUT2D eigenvalue weighted by Gasteiger charge is -2.36. The van der Waals surface area contributed by atoms with Crippen LogP contribution in [0.4, 0.5) is 24.5 Å². The molecule has 77 heavy (non-hydrogen) atoms. The number of likely N-dealkylation sites (tertiary alicyclic amines) is 2. The van der Waals surface area contributed by atoms with Gasteiger partial charge in [0.15, 0.2) is 5.78 Å². The van der Waals surface area contributed by atoms with Gasteiger partial charge in [-0.25, -0.2) is 15.0 Å². The zero-order valence-electron chi connectivity index (χ0n) is 44.7. The van der Waals surface area contributed by atoms with Crippen LogP contribution < -0.4 is 26.0 Å². The molecule has 0 saturated carbocycles. The summed E-state index contributed by atoms with van der Waals surface area (Å²) in [7, 11) is 0. The SMILES string of the molecule is Cc1ncsc1-c1ccc([C@H](C)NC(=O)[C@@H]2CC(=O)CN2C(=O)[C@@H](NC(=O)CCCCCCCCN2CCN(c3ccc4c(C5CCN(C(=O)c6ccc(OC(F)(F)F)cc6N)CC5)ncnc4c3)CC2)C(C)(C)C)cc1. The van der Waals surface area contributed by atoms with E-state index in [1.54, 1.807) is 22.6 Å². The van der Waals surface area contributed by atoms with Crippen LogP contribution in [0, 0.1) is 12.3 Å². The number of ketones is 1. The third-order valence-electron chi connectivity index (χ3n) is 15.1. The molecule has 5 heterocycles. The van der Waals surface area contributed by atoms with E-state index in [0.29, 0.717) is 32.4 Å². The molecular formula is C57H71F3N10O6S. The number of piperidine rings is 1. The van der Waals surface area contributed by atoms with Gasteiger partial charge in [-0.05, 0) is 92.9 Å². The van der Waals surface area contributed by atoms with Gasteiger partial charge < -0.3 is 35.8 Å². The van der Waals surface area contributed by atoms with E-state index in [1.165, 1.54) is 11.0 Å². The average Bonchev–Trinajstić information content (AvgIpc) is 4.04. The summed E-state index contributed by atoms with van der Waals surface area (Å²) in [5.74, 6) is -1.94. The number of fused-ring (bicyclic) bond motifs is 1. The number of aryl methyl sites for hydroxylation is 1. The molecule has 4 amide bonds. The Kier molecular flexibility index (Phi) is 18.2. The van der Waals surface area contributed by atoms with Gasteiger partial charge in [-0.15, -0.1) is 24.5 Å². The number of benzene rings is 3. The highest BCUT2D eigenvalue weighted by molar-refractivity contribution is 7.13. The van der Waals surface area contributed by atoms with Crippen LogP contribution in [0.3, 0.4) is 0 Å². The monoisotopic (exact) mass is 1080 g/mol. The number of piperazine rings is 1. The minimum Gasteiger partial charge on any atom is -0.406 e. The van der Waals surface area contributed by atoms with Crippen LogP contribution >= 0.6 is 11.3 Å². The van der Waals surface area contributed by atoms with E-state index < -0.39 is 41.4 Å².